The second-order valence-corrected chi connectivity index (χ2v) is 8.43. The minimum Gasteiger partial charge on any atom is -0.326 e. The number of nitriles is 1. The van der Waals surface area contributed by atoms with Crippen LogP contribution < -0.4 is 5.32 Å². The fraction of sp³-hybridized carbons (Fsp3) is 0.500. The van der Waals surface area contributed by atoms with Crippen LogP contribution in [0.2, 0.25) is 0 Å². The molecule has 0 atom stereocenters. The molecule has 1 fully saturated rings. The van der Waals surface area contributed by atoms with Gasteiger partial charge in [-0.05, 0) is 82.3 Å². The fourth-order valence-corrected chi connectivity index (χ4v) is 4.54. The monoisotopic (exact) mass is 418 g/mol. The number of H-pyrrole nitrogens is 1. The summed E-state index contributed by atoms with van der Waals surface area (Å²) in [5, 5.41) is 11.9. The van der Waals surface area contributed by atoms with Crippen LogP contribution >= 0.6 is 0 Å². The van der Waals surface area contributed by atoms with Gasteiger partial charge in [0.05, 0.1) is 17.6 Å². The van der Waals surface area contributed by atoms with E-state index >= 15 is 0 Å². The number of pyridine rings is 1. The van der Waals surface area contributed by atoms with Crippen LogP contribution in [0.15, 0.2) is 24.4 Å². The molecule has 0 spiro atoms. The molecule has 7 nitrogen and oxygen atoms in total. The Kier molecular flexibility index (Phi) is 6.78. The number of nitrogens with zero attached hydrogens (tertiary/aromatic N) is 4. The summed E-state index contributed by atoms with van der Waals surface area (Å²) in [6.07, 6.45) is 11.4. The number of imidazole rings is 1. The van der Waals surface area contributed by atoms with Crippen LogP contribution in [0.1, 0.15) is 85.5 Å². The van der Waals surface area contributed by atoms with Crippen molar-refractivity contribution in [3.05, 3.63) is 47.3 Å². The largest absolute Gasteiger partial charge is 0.326 e. The molecule has 31 heavy (non-hydrogen) atoms. The van der Waals surface area contributed by atoms with Crippen molar-refractivity contribution >= 4 is 17.2 Å². The van der Waals surface area contributed by atoms with E-state index in [2.05, 4.69) is 39.3 Å². The molecule has 0 saturated carbocycles. The number of carbonyl (C=O) groups excluding carboxylic acids is 1. The topological polar surface area (TPSA) is 97.7 Å². The molecule has 7 heteroatoms. The Hall–Kier alpha value is -2.98. The molecule has 1 aliphatic heterocycles. The van der Waals surface area contributed by atoms with Gasteiger partial charge in [-0.1, -0.05) is 13.0 Å². The Morgan fingerprint density at radius 3 is 2.84 bits per heavy atom. The molecule has 0 radical (unpaired) electrons. The van der Waals surface area contributed by atoms with E-state index in [1.165, 1.54) is 31.2 Å². The first-order valence-corrected chi connectivity index (χ1v) is 11.4. The van der Waals surface area contributed by atoms with Gasteiger partial charge in [-0.15, -0.1) is 0 Å². The number of likely N-dealkylation sites (tertiary alicyclic amines) is 1. The summed E-state index contributed by atoms with van der Waals surface area (Å²) in [7, 11) is 0. The van der Waals surface area contributed by atoms with Gasteiger partial charge in [0, 0.05) is 11.6 Å². The van der Waals surface area contributed by atoms with E-state index < -0.39 is 0 Å². The van der Waals surface area contributed by atoms with Crippen LogP contribution in [0.4, 0.5) is 5.69 Å². The van der Waals surface area contributed by atoms with Gasteiger partial charge in [0.25, 0.3) is 5.91 Å². The summed E-state index contributed by atoms with van der Waals surface area (Å²) in [5.74, 6) is 0.234. The van der Waals surface area contributed by atoms with Crippen molar-refractivity contribution in [2.24, 2.45) is 0 Å². The number of hydrogen-bond acceptors (Lipinski definition) is 5. The first-order valence-electron chi connectivity index (χ1n) is 11.4. The molecule has 1 saturated heterocycles. The maximum Gasteiger partial charge on any atom is 0.291 e. The van der Waals surface area contributed by atoms with Gasteiger partial charge >= 0.3 is 0 Å². The zero-order valence-corrected chi connectivity index (χ0v) is 18.2. The summed E-state index contributed by atoms with van der Waals surface area (Å²) in [4.78, 5) is 27.1. The van der Waals surface area contributed by atoms with Gasteiger partial charge in [0.15, 0.2) is 5.82 Å². The molecule has 2 N–H and O–H groups in total. The van der Waals surface area contributed by atoms with Gasteiger partial charge in [0.2, 0.25) is 0 Å². The lowest BCUT2D eigenvalue weighted by Gasteiger charge is -2.31. The molecule has 0 unspecified atom stereocenters. The van der Waals surface area contributed by atoms with Crippen molar-refractivity contribution < 1.29 is 4.79 Å². The quantitative estimate of drug-likeness (QED) is 0.721. The number of carbonyl (C=O) groups is 1. The summed E-state index contributed by atoms with van der Waals surface area (Å²) in [6.45, 7) is 5.64. The van der Waals surface area contributed by atoms with Gasteiger partial charge < -0.3 is 15.2 Å². The summed E-state index contributed by atoms with van der Waals surface area (Å²) in [6, 6.07) is 6.01. The third kappa shape index (κ3) is 5.02. The lowest BCUT2D eigenvalue weighted by molar-refractivity contribution is 0.101. The molecule has 2 aliphatic rings. The zero-order chi connectivity index (χ0) is 21.6. The van der Waals surface area contributed by atoms with Crippen LogP contribution in [0, 0.1) is 11.3 Å². The van der Waals surface area contributed by atoms with Gasteiger partial charge in [-0.25, -0.2) is 4.98 Å². The predicted octanol–water partition coefficient (Wildman–Crippen LogP) is 4.48. The standard InChI is InChI=1S/C24H30N6O/c1-2-12-30-13-10-17(11-14-30)20-8-9-21(22(28-20)18-6-4-3-5-7-18)29-24(31)23-26-16-19(15-25)27-23/h6,8-9,16-17H,2-5,7,10-14H2,1H3,(H,26,27)(H,29,31). The maximum absolute atomic E-state index is 12.7. The summed E-state index contributed by atoms with van der Waals surface area (Å²) in [5.41, 5.74) is 4.20. The number of aromatic nitrogens is 3. The van der Waals surface area contributed by atoms with E-state index in [0.717, 1.165) is 56.6 Å². The summed E-state index contributed by atoms with van der Waals surface area (Å²) >= 11 is 0. The highest BCUT2D eigenvalue weighted by Crippen LogP contribution is 2.34. The molecular weight excluding hydrogens is 388 g/mol. The molecular formula is C24H30N6O. The van der Waals surface area contributed by atoms with Crippen molar-refractivity contribution in [1.29, 1.82) is 5.26 Å². The van der Waals surface area contributed by atoms with Crippen molar-refractivity contribution in [3.63, 3.8) is 0 Å². The number of allylic oxidation sites excluding steroid dienone is 2. The highest BCUT2D eigenvalue weighted by molar-refractivity contribution is 6.03. The van der Waals surface area contributed by atoms with Gasteiger partial charge in [-0.3, -0.25) is 9.78 Å². The van der Waals surface area contributed by atoms with E-state index in [0.29, 0.717) is 11.6 Å². The highest BCUT2D eigenvalue weighted by Gasteiger charge is 2.23. The lowest BCUT2D eigenvalue weighted by Crippen LogP contribution is -2.33. The second-order valence-electron chi connectivity index (χ2n) is 8.43. The smallest absolute Gasteiger partial charge is 0.291 e. The molecule has 1 amide bonds. The Morgan fingerprint density at radius 2 is 2.16 bits per heavy atom. The van der Waals surface area contributed by atoms with E-state index in [9.17, 15) is 4.79 Å². The van der Waals surface area contributed by atoms with Crippen molar-refractivity contribution in [2.75, 3.05) is 25.0 Å². The van der Waals surface area contributed by atoms with Crippen LogP contribution in [-0.4, -0.2) is 45.4 Å². The van der Waals surface area contributed by atoms with E-state index in [4.69, 9.17) is 10.2 Å². The van der Waals surface area contributed by atoms with E-state index in [1.54, 1.807) is 0 Å². The normalized spacial score (nSPS) is 17.7. The SMILES string of the molecule is CCCN1CCC(c2ccc(NC(=O)c3ncc(C#N)[nH]3)c(C3=CCCCC3)n2)CC1. The third-order valence-electron chi connectivity index (χ3n) is 6.22. The van der Waals surface area contributed by atoms with E-state index in [-0.39, 0.29) is 17.4 Å². The van der Waals surface area contributed by atoms with Gasteiger partial charge in [0.1, 0.15) is 11.8 Å². The number of rotatable bonds is 6. The average molecular weight is 419 g/mol. The van der Waals surface area contributed by atoms with Crippen molar-refractivity contribution in [1.82, 2.24) is 19.9 Å². The number of anilines is 1. The Bertz CT molecular complexity index is 994. The number of amides is 1. The average Bonchev–Trinajstić information content (AvgIpc) is 3.30. The molecule has 2 aromatic rings. The Labute approximate surface area is 183 Å². The minimum atomic E-state index is -0.360. The number of aromatic amines is 1. The van der Waals surface area contributed by atoms with Crippen LogP contribution in [0.25, 0.3) is 5.57 Å². The summed E-state index contributed by atoms with van der Waals surface area (Å²) < 4.78 is 0. The molecule has 1 aliphatic carbocycles. The van der Waals surface area contributed by atoms with Crippen molar-refractivity contribution in [2.45, 2.75) is 57.8 Å². The predicted molar refractivity (Wildman–Crippen MR) is 121 cm³/mol. The maximum atomic E-state index is 12.7. The molecule has 3 heterocycles. The minimum absolute atomic E-state index is 0.132. The first-order chi connectivity index (χ1) is 15.2. The van der Waals surface area contributed by atoms with Crippen LogP contribution in [-0.2, 0) is 0 Å². The number of piperidine rings is 1. The molecule has 4 rings (SSSR count). The fourth-order valence-electron chi connectivity index (χ4n) is 4.54. The first kappa shape index (κ1) is 21.3. The number of nitrogens with one attached hydrogen (secondary N) is 2. The van der Waals surface area contributed by atoms with Crippen molar-refractivity contribution in [3.8, 4) is 6.07 Å². The molecule has 162 valence electrons. The van der Waals surface area contributed by atoms with Crippen LogP contribution in [0.5, 0.6) is 0 Å². The zero-order valence-electron chi connectivity index (χ0n) is 18.2. The van der Waals surface area contributed by atoms with Crippen LogP contribution in [0.3, 0.4) is 0 Å². The highest BCUT2D eigenvalue weighted by atomic mass is 16.2. The molecule has 2 aromatic heterocycles. The second kappa shape index (κ2) is 9.88. The third-order valence-corrected chi connectivity index (χ3v) is 6.22. The van der Waals surface area contributed by atoms with E-state index in [1.807, 2.05) is 12.1 Å². The van der Waals surface area contributed by atoms with Gasteiger partial charge in [-0.2, -0.15) is 5.26 Å². The Morgan fingerprint density at radius 1 is 1.32 bits per heavy atom. The molecule has 0 aromatic carbocycles. The lowest BCUT2D eigenvalue weighted by atomic mass is 9.91. The number of hydrogen-bond donors (Lipinski definition) is 2. The Balaban J connectivity index is 1.57. The molecule has 0 bridgehead atoms.